The molecular weight excluding hydrogens is 312 g/mol. The van der Waals surface area contributed by atoms with E-state index in [0.717, 1.165) is 11.3 Å². The first-order valence-electron chi connectivity index (χ1n) is 7.26. The lowest BCUT2D eigenvalue weighted by atomic mass is 10.1. The van der Waals surface area contributed by atoms with Crippen LogP contribution in [0.15, 0.2) is 42.6 Å². The van der Waals surface area contributed by atoms with Crippen molar-refractivity contribution in [3.63, 3.8) is 0 Å². The molecule has 0 saturated carbocycles. The standard InChI is InChI=1S/C17H18N2O3S/c1-21-14-7-6-12(9-15(14)22-2)17-19(16(20)11-23-17)10-13-5-3-4-8-18-13/h3-9,17H,10-11H2,1-2H3. The number of methoxy groups -OCH3 is 2. The first-order chi connectivity index (χ1) is 11.2. The number of hydrogen-bond donors (Lipinski definition) is 0. The molecule has 0 radical (unpaired) electrons. The minimum Gasteiger partial charge on any atom is -0.493 e. The van der Waals surface area contributed by atoms with Gasteiger partial charge in [0.1, 0.15) is 5.37 Å². The van der Waals surface area contributed by atoms with E-state index in [4.69, 9.17) is 9.47 Å². The molecule has 1 unspecified atom stereocenters. The Morgan fingerprint density at radius 1 is 1.22 bits per heavy atom. The van der Waals surface area contributed by atoms with Gasteiger partial charge in [-0.25, -0.2) is 0 Å². The second-order valence-corrected chi connectivity index (χ2v) is 6.19. The Hall–Kier alpha value is -2.21. The minimum atomic E-state index is -0.0377. The molecule has 1 saturated heterocycles. The fourth-order valence-electron chi connectivity index (χ4n) is 2.57. The maximum absolute atomic E-state index is 12.3. The molecule has 0 spiro atoms. The zero-order valence-electron chi connectivity index (χ0n) is 13.1. The van der Waals surface area contributed by atoms with Gasteiger partial charge in [-0.1, -0.05) is 12.1 Å². The lowest BCUT2D eigenvalue weighted by molar-refractivity contribution is -0.128. The Labute approximate surface area is 139 Å². The van der Waals surface area contributed by atoms with Crippen molar-refractivity contribution in [2.24, 2.45) is 0 Å². The van der Waals surface area contributed by atoms with E-state index in [1.807, 2.05) is 41.3 Å². The molecule has 0 aliphatic carbocycles. The minimum absolute atomic E-state index is 0.0377. The van der Waals surface area contributed by atoms with Gasteiger partial charge in [-0.2, -0.15) is 0 Å². The van der Waals surface area contributed by atoms with Crippen molar-refractivity contribution in [1.29, 1.82) is 0 Å². The molecule has 1 aromatic heterocycles. The Bertz CT molecular complexity index is 693. The van der Waals surface area contributed by atoms with Crippen LogP contribution in [0.2, 0.25) is 0 Å². The summed E-state index contributed by atoms with van der Waals surface area (Å²) in [6.07, 6.45) is 1.74. The number of ether oxygens (including phenoxy) is 2. The molecule has 23 heavy (non-hydrogen) atoms. The van der Waals surface area contributed by atoms with Crippen molar-refractivity contribution in [3.05, 3.63) is 53.9 Å². The average Bonchev–Trinajstić information content (AvgIpc) is 2.96. The molecule has 5 nitrogen and oxygen atoms in total. The molecule has 0 N–H and O–H groups in total. The Kier molecular flexibility index (Phi) is 4.71. The fourth-order valence-corrected chi connectivity index (χ4v) is 3.75. The predicted octanol–water partition coefficient (Wildman–Crippen LogP) is 2.87. The molecule has 1 aromatic carbocycles. The third-order valence-corrected chi connectivity index (χ3v) is 4.98. The van der Waals surface area contributed by atoms with E-state index >= 15 is 0 Å². The Balaban J connectivity index is 1.87. The maximum atomic E-state index is 12.3. The van der Waals surface area contributed by atoms with Gasteiger partial charge in [0.15, 0.2) is 11.5 Å². The van der Waals surface area contributed by atoms with Crippen LogP contribution >= 0.6 is 11.8 Å². The number of aromatic nitrogens is 1. The molecule has 1 fully saturated rings. The zero-order valence-corrected chi connectivity index (χ0v) is 13.9. The number of pyridine rings is 1. The number of nitrogens with zero attached hydrogens (tertiary/aromatic N) is 2. The number of carbonyl (C=O) groups excluding carboxylic acids is 1. The number of benzene rings is 1. The molecule has 2 aromatic rings. The van der Waals surface area contributed by atoms with Crippen molar-refractivity contribution < 1.29 is 14.3 Å². The number of thioether (sulfide) groups is 1. The van der Waals surface area contributed by atoms with Crippen molar-refractivity contribution in [2.75, 3.05) is 20.0 Å². The highest BCUT2D eigenvalue weighted by Gasteiger charge is 2.33. The van der Waals surface area contributed by atoms with E-state index in [0.29, 0.717) is 23.8 Å². The first kappa shape index (κ1) is 15.7. The van der Waals surface area contributed by atoms with Crippen LogP contribution in [-0.4, -0.2) is 35.8 Å². The highest BCUT2D eigenvalue weighted by Crippen LogP contribution is 2.42. The lowest BCUT2D eigenvalue weighted by Gasteiger charge is -2.24. The summed E-state index contributed by atoms with van der Waals surface area (Å²) in [6.45, 7) is 0.506. The van der Waals surface area contributed by atoms with Gasteiger partial charge in [-0.05, 0) is 29.8 Å². The predicted molar refractivity (Wildman–Crippen MR) is 89.5 cm³/mol. The lowest BCUT2D eigenvalue weighted by Crippen LogP contribution is -2.28. The van der Waals surface area contributed by atoms with Gasteiger partial charge in [-0.15, -0.1) is 11.8 Å². The number of rotatable bonds is 5. The van der Waals surface area contributed by atoms with Gasteiger partial charge in [0.25, 0.3) is 0 Å². The zero-order chi connectivity index (χ0) is 16.2. The van der Waals surface area contributed by atoms with E-state index < -0.39 is 0 Å². The van der Waals surface area contributed by atoms with Crippen molar-refractivity contribution in [3.8, 4) is 11.5 Å². The van der Waals surface area contributed by atoms with Gasteiger partial charge < -0.3 is 14.4 Å². The second kappa shape index (κ2) is 6.91. The van der Waals surface area contributed by atoms with Crippen LogP contribution in [-0.2, 0) is 11.3 Å². The van der Waals surface area contributed by atoms with Crippen LogP contribution in [0.1, 0.15) is 16.6 Å². The summed E-state index contributed by atoms with van der Waals surface area (Å²) >= 11 is 1.62. The summed E-state index contributed by atoms with van der Waals surface area (Å²) < 4.78 is 10.6. The number of carbonyl (C=O) groups is 1. The van der Waals surface area contributed by atoms with E-state index in [2.05, 4.69) is 4.98 Å². The second-order valence-electron chi connectivity index (χ2n) is 5.12. The maximum Gasteiger partial charge on any atom is 0.234 e. The summed E-state index contributed by atoms with van der Waals surface area (Å²) in [4.78, 5) is 18.4. The topological polar surface area (TPSA) is 51.7 Å². The van der Waals surface area contributed by atoms with Gasteiger partial charge >= 0.3 is 0 Å². The van der Waals surface area contributed by atoms with Crippen molar-refractivity contribution in [2.45, 2.75) is 11.9 Å². The van der Waals surface area contributed by atoms with Crippen LogP contribution in [0, 0.1) is 0 Å². The molecule has 0 bridgehead atoms. The Morgan fingerprint density at radius 3 is 2.74 bits per heavy atom. The monoisotopic (exact) mass is 330 g/mol. The molecule has 1 amide bonds. The number of amides is 1. The summed E-state index contributed by atoms with van der Waals surface area (Å²) in [6, 6.07) is 11.5. The molecular formula is C17H18N2O3S. The number of hydrogen-bond acceptors (Lipinski definition) is 5. The van der Waals surface area contributed by atoms with Gasteiger partial charge in [0.2, 0.25) is 5.91 Å². The summed E-state index contributed by atoms with van der Waals surface area (Å²) in [5.74, 6) is 1.95. The molecule has 1 aliphatic heterocycles. The molecule has 120 valence electrons. The van der Waals surface area contributed by atoms with E-state index in [9.17, 15) is 4.79 Å². The molecule has 1 aliphatic rings. The van der Waals surface area contributed by atoms with Crippen LogP contribution in [0.3, 0.4) is 0 Å². The third kappa shape index (κ3) is 3.27. The van der Waals surface area contributed by atoms with E-state index in [1.165, 1.54) is 0 Å². The third-order valence-electron chi connectivity index (χ3n) is 3.72. The highest BCUT2D eigenvalue weighted by atomic mass is 32.2. The summed E-state index contributed by atoms with van der Waals surface area (Å²) in [7, 11) is 3.22. The molecule has 6 heteroatoms. The smallest absolute Gasteiger partial charge is 0.234 e. The van der Waals surface area contributed by atoms with E-state index in [-0.39, 0.29) is 11.3 Å². The van der Waals surface area contributed by atoms with Crippen LogP contribution < -0.4 is 9.47 Å². The molecule has 1 atom stereocenters. The van der Waals surface area contributed by atoms with E-state index in [1.54, 1.807) is 32.2 Å². The SMILES string of the molecule is COc1ccc(C2SCC(=O)N2Cc2ccccn2)cc1OC. The van der Waals surface area contributed by atoms with Gasteiger partial charge in [0.05, 0.1) is 32.2 Å². The highest BCUT2D eigenvalue weighted by molar-refractivity contribution is 8.00. The molecule has 3 rings (SSSR count). The van der Waals surface area contributed by atoms with Gasteiger partial charge in [0, 0.05) is 6.20 Å². The summed E-state index contributed by atoms with van der Waals surface area (Å²) in [5, 5.41) is -0.0377. The van der Waals surface area contributed by atoms with Crippen molar-refractivity contribution >= 4 is 17.7 Å². The quantitative estimate of drug-likeness (QED) is 0.844. The fraction of sp³-hybridized carbons (Fsp3) is 0.294. The summed E-state index contributed by atoms with van der Waals surface area (Å²) in [5.41, 5.74) is 1.91. The van der Waals surface area contributed by atoms with Crippen LogP contribution in [0.5, 0.6) is 11.5 Å². The van der Waals surface area contributed by atoms with Crippen LogP contribution in [0.25, 0.3) is 0 Å². The van der Waals surface area contributed by atoms with Crippen LogP contribution in [0.4, 0.5) is 0 Å². The Morgan fingerprint density at radius 2 is 2.04 bits per heavy atom. The largest absolute Gasteiger partial charge is 0.493 e. The first-order valence-corrected chi connectivity index (χ1v) is 8.30. The normalized spacial score (nSPS) is 17.4. The van der Waals surface area contributed by atoms with Gasteiger partial charge in [-0.3, -0.25) is 9.78 Å². The van der Waals surface area contributed by atoms with Crippen molar-refractivity contribution in [1.82, 2.24) is 9.88 Å². The average molecular weight is 330 g/mol. The molecule has 2 heterocycles.